The lowest BCUT2D eigenvalue weighted by molar-refractivity contribution is 0.397. The summed E-state index contributed by atoms with van der Waals surface area (Å²) in [5.41, 5.74) is 2.80. The molecule has 0 aliphatic heterocycles. The Balaban J connectivity index is 1.87. The molecule has 3 aromatic rings. The van der Waals surface area contributed by atoms with E-state index >= 15 is 0 Å². The van der Waals surface area contributed by atoms with Crippen molar-refractivity contribution in [1.29, 1.82) is 0 Å². The zero-order chi connectivity index (χ0) is 18.7. The van der Waals surface area contributed by atoms with Gasteiger partial charge in [-0.1, -0.05) is 24.3 Å². The molecule has 0 saturated heterocycles. The first-order valence-electron chi connectivity index (χ1n) is 8.09. The van der Waals surface area contributed by atoms with Crippen molar-refractivity contribution in [1.82, 2.24) is 9.88 Å². The average molecular weight is 388 g/mol. The zero-order valence-corrected chi connectivity index (χ0v) is 16.6. The topological polar surface area (TPSA) is 62.3 Å². The molecule has 3 rings (SSSR count). The molecule has 26 heavy (non-hydrogen) atoms. The Morgan fingerprint density at radius 2 is 1.85 bits per heavy atom. The maximum Gasteiger partial charge on any atom is 0.175 e. The summed E-state index contributed by atoms with van der Waals surface area (Å²) in [4.78, 5) is 7.99. The number of nitrogens with one attached hydrogen (secondary N) is 1. The first-order valence-corrected chi connectivity index (χ1v) is 10.8. The zero-order valence-electron chi connectivity index (χ0n) is 14.9. The summed E-state index contributed by atoms with van der Waals surface area (Å²) in [6, 6.07) is 17.0. The quantitative estimate of drug-likeness (QED) is 0.649. The second-order valence-electron chi connectivity index (χ2n) is 6.37. The summed E-state index contributed by atoms with van der Waals surface area (Å²) in [6.07, 6.45) is 1.21. The molecule has 0 aliphatic carbocycles. The van der Waals surface area contributed by atoms with Crippen LogP contribution in [0.4, 0.5) is 5.69 Å². The van der Waals surface area contributed by atoms with E-state index in [0.717, 1.165) is 33.7 Å². The third-order valence-corrected chi connectivity index (χ3v) is 5.69. The predicted molar refractivity (Wildman–Crippen MR) is 108 cm³/mol. The Labute approximate surface area is 158 Å². The van der Waals surface area contributed by atoms with Gasteiger partial charge in [0.2, 0.25) is 0 Å². The molecule has 0 radical (unpaired) electrons. The van der Waals surface area contributed by atoms with Gasteiger partial charge in [0, 0.05) is 23.1 Å². The minimum atomic E-state index is -3.22. The average Bonchev–Trinajstić information content (AvgIpc) is 2.59. The molecule has 0 fully saturated rings. The number of pyridine rings is 1. The van der Waals surface area contributed by atoms with Gasteiger partial charge in [0.1, 0.15) is 0 Å². The highest BCUT2D eigenvalue weighted by molar-refractivity contribution is 8.00. The molecule has 1 N–H and O–H groups in total. The Morgan fingerprint density at radius 3 is 2.58 bits per heavy atom. The lowest BCUT2D eigenvalue weighted by atomic mass is 10.2. The lowest BCUT2D eigenvalue weighted by Gasteiger charge is -2.12. The van der Waals surface area contributed by atoms with Crippen molar-refractivity contribution < 1.29 is 8.42 Å². The smallest absolute Gasteiger partial charge is 0.175 e. The maximum atomic E-state index is 11.7. The van der Waals surface area contributed by atoms with Crippen molar-refractivity contribution in [3.8, 4) is 0 Å². The molecule has 0 spiro atoms. The van der Waals surface area contributed by atoms with Gasteiger partial charge in [0.15, 0.2) is 9.84 Å². The molecule has 136 valence electrons. The van der Waals surface area contributed by atoms with E-state index in [-0.39, 0.29) is 0 Å². The van der Waals surface area contributed by atoms with Gasteiger partial charge >= 0.3 is 0 Å². The van der Waals surface area contributed by atoms with Crippen LogP contribution in [0.2, 0.25) is 0 Å². The van der Waals surface area contributed by atoms with Gasteiger partial charge < -0.3 is 9.62 Å². The third kappa shape index (κ3) is 4.55. The summed E-state index contributed by atoms with van der Waals surface area (Å²) in [5, 5.41) is 1.06. The summed E-state index contributed by atoms with van der Waals surface area (Å²) in [7, 11) is 0.811. The van der Waals surface area contributed by atoms with Gasteiger partial charge in [-0.05, 0) is 56.4 Å². The van der Waals surface area contributed by atoms with Crippen LogP contribution in [0.25, 0.3) is 10.9 Å². The molecule has 2 aromatic carbocycles. The van der Waals surface area contributed by atoms with E-state index in [1.54, 1.807) is 18.2 Å². The van der Waals surface area contributed by atoms with Gasteiger partial charge in [0.25, 0.3) is 0 Å². The standard InChI is InChI=1S/C19H21N3O2S2/c1-22(2)13-15-11-10-14-6-4-9-18(19(14)20-15)21-25-16-7-5-8-17(12-16)26(3,23)24/h4-12,21H,13H2,1-3H3. The van der Waals surface area contributed by atoms with Crippen LogP contribution >= 0.6 is 11.9 Å². The van der Waals surface area contributed by atoms with Crippen molar-refractivity contribution >= 4 is 38.4 Å². The van der Waals surface area contributed by atoms with E-state index in [2.05, 4.69) is 15.7 Å². The first-order chi connectivity index (χ1) is 12.3. The minimum absolute atomic E-state index is 0.314. The van der Waals surface area contributed by atoms with Crippen LogP contribution in [-0.2, 0) is 16.4 Å². The van der Waals surface area contributed by atoms with E-state index in [0.29, 0.717) is 4.90 Å². The highest BCUT2D eigenvalue weighted by Crippen LogP contribution is 2.28. The van der Waals surface area contributed by atoms with Crippen LogP contribution in [0.1, 0.15) is 5.69 Å². The molecular formula is C19H21N3O2S2. The number of hydrogen-bond acceptors (Lipinski definition) is 6. The fourth-order valence-corrected chi connectivity index (χ4v) is 4.03. The Hall–Kier alpha value is -2.09. The van der Waals surface area contributed by atoms with E-state index in [4.69, 9.17) is 4.98 Å². The number of para-hydroxylation sites is 1. The molecule has 5 nitrogen and oxygen atoms in total. The lowest BCUT2D eigenvalue weighted by Crippen LogP contribution is -2.11. The van der Waals surface area contributed by atoms with Crippen LogP contribution in [0.5, 0.6) is 0 Å². The van der Waals surface area contributed by atoms with Gasteiger partial charge in [-0.2, -0.15) is 0 Å². The number of sulfone groups is 1. The van der Waals surface area contributed by atoms with Crippen molar-refractivity contribution in [2.24, 2.45) is 0 Å². The van der Waals surface area contributed by atoms with E-state index in [1.807, 2.05) is 44.4 Å². The fraction of sp³-hybridized carbons (Fsp3) is 0.211. The molecule has 0 bridgehead atoms. The predicted octanol–water partition coefficient (Wildman–Crippen LogP) is 3.82. The number of benzene rings is 2. The molecule has 0 atom stereocenters. The monoisotopic (exact) mass is 387 g/mol. The molecular weight excluding hydrogens is 366 g/mol. The highest BCUT2D eigenvalue weighted by Gasteiger charge is 2.09. The fourth-order valence-electron chi connectivity index (χ4n) is 2.56. The molecule has 0 aliphatic rings. The number of hydrogen-bond donors (Lipinski definition) is 1. The summed E-state index contributed by atoms with van der Waals surface area (Å²) >= 11 is 1.37. The Bertz CT molecular complexity index is 1030. The maximum absolute atomic E-state index is 11.7. The van der Waals surface area contributed by atoms with Crippen molar-refractivity contribution in [2.45, 2.75) is 16.3 Å². The largest absolute Gasteiger partial charge is 0.324 e. The van der Waals surface area contributed by atoms with Crippen LogP contribution in [0, 0.1) is 0 Å². The molecule has 0 unspecified atom stereocenters. The van der Waals surface area contributed by atoms with E-state index in [9.17, 15) is 8.42 Å². The number of aromatic nitrogens is 1. The van der Waals surface area contributed by atoms with Crippen molar-refractivity contribution in [3.05, 3.63) is 60.3 Å². The van der Waals surface area contributed by atoms with E-state index < -0.39 is 9.84 Å². The highest BCUT2D eigenvalue weighted by atomic mass is 32.2. The SMILES string of the molecule is CN(C)Cc1ccc2cccc(NSc3cccc(S(C)(=O)=O)c3)c2n1. The van der Waals surface area contributed by atoms with Crippen LogP contribution in [0.3, 0.4) is 0 Å². The summed E-state index contributed by atoms with van der Waals surface area (Å²) in [6.45, 7) is 0.772. The third-order valence-electron chi connectivity index (χ3n) is 3.77. The summed E-state index contributed by atoms with van der Waals surface area (Å²) in [5.74, 6) is 0. The number of rotatable bonds is 6. The van der Waals surface area contributed by atoms with E-state index in [1.165, 1.54) is 18.2 Å². The van der Waals surface area contributed by atoms with Crippen LogP contribution < -0.4 is 4.72 Å². The van der Waals surface area contributed by atoms with Gasteiger partial charge in [0.05, 0.1) is 21.8 Å². The molecule has 7 heteroatoms. The Kier molecular flexibility index (Phi) is 5.50. The van der Waals surface area contributed by atoms with Crippen LogP contribution in [0.15, 0.2) is 64.4 Å². The second-order valence-corrected chi connectivity index (χ2v) is 9.26. The van der Waals surface area contributed by atoms with Gasteiger partial charge in [-0.3, -0.25) is 0 Å². The summed E-state index contributed by atoms with van der Waals surface area (Å²) < 4.78 is 26.7. The molecule has 1 aromatic heterocycles. The van der Waals surface area contributed by atoms with Gasteiger partial charge in [-0.25, -0.2) is 13.4 Å². The normalized spacial score (nSPS) is 11.8. The van der Waals surface area contributed by atoms with Gasteiger partial charge in [-0.15, -0.1) is 0 Å². The Morgan fingerprint density at radius 1 is 1.08 bits per heavy atom. The first kappa shape index (κ1) is 18.7. The number of nitrogens with zero attached hydrogens (tertiary/aromatic N) is 2. The minimum Gasteiger partial charge on any atom is -0.324 e. The van der Waals surface area contributed by atoms with Crippen molar-refractivity contribution in [2.75, 3.05) is 25.1 Å². The number of fused-ring (bicyclic) bond motifs is 1. The molecule has 1 heterocycles. The van der Waals surface area contributed by atoms with Crippen molar-refractivity contribution in [3.63, 3.8) is 0 Å². The molecule has 0 amide bonds. The molecule has 0 saturated carbocycles. The van der Waals surface area contributed by atoms with Crippen LogP contribution in [-0.4, -0.2) is 38.7 Å². The number of anilines is 1. The second kappa shape index (κ2) is 7.65.